The van der Waals surface area contributed by atoms with E-state index >= 15 is 0 Å². The second-order valence-corrected chi connectivity index (χ2v) is 8.77. The van der Waals surface area contributed by atoms with Crippen molar-refractivity contribution in [3.8, 4) is 0 Å². The first-order valence-corrected chi connectivity index (χ1v) is 10.3. The SMILES string of the molecule is CCN1CCN(CC2(NC(=O)CC(C)C)CCN(C(C)C)CC2)CC1. The Morgan fingerprint density at radius 2 is 1.52 bits per heavy atom. The van der Waals surface area contributed by atoms with Gasteiger partial charge in [0.05, 0.1) is 5.54 Å². The third-order valence-corrected chi connectivity index (χ3v) is 5.92. The molecule has 1 N–H and O–H groups in total. The smallest absolute Gasteiger partial charge is 0.220 e. The van der Waals surface area contributed by atoms with E-state index in [-0.39, 0.29) is 11.4 Å². The maximum atomic E-state index is 12.5. The molecule has 0 aromatic heterocycles. The minimum atomic E-state index is -0.0360. The Balaban J connectivity index is 1.98. The highest BCUT2D eigenvalue weighted by molar-refractivity contribution is 5.77. The van der Waals surface area contributed by atoms with Crippen molar-refractivity contribution in [2.75, 3.05) is 52.4 Å². The van der Waals surface area contributed by atoms with E-state index in [9.17, 15) is 4.79 Å². The summed E-state index contributed by atoms with van der Waals surface area (Å²) >= 11 is 0. The average molecular weight is 353 g/mol. The Bertz CT molecular complexity index is 408. The van der Waals surface area contributed by atoms with Gasteiger partial charge in [-0.05, 0) is 39.2 Å². The van der Waals surface area contributed by atoms with Crippen molar-refractivity contribution >= 4 is 5.91 Å². The summed E-state index contributed by atoms with van der Waals surface area (Å²) < 4.78 is 0. The molecule has 2 heterocycles. The molecule has 0 aliphatic carbocycles. The van der Waals surface area contributed by atoms with Crippen LogP contribution in [0.5, 0.6) is 0 Å². The van der Waals surface area contributed by atoms with Crippen LogP contribution in [0.4, 0.5) is 0 Å². The third kappa shape index (κ3) is 6.22. The van der Waals surface area contributed by atoms with Gasteiger partial charge < -0.3 is 15.1 Å². The number of nitrogens with zero attached hydrogens (tertiary/aromatic N) is 3. The highest BCUT2D eigenvalue weighted by Gasteiger charge is 2.38. The lowest BCUT2D eigenvalue weighted by Crippen LogP contribution is -2.63. The van der Waals surface area contributed by atoms with Gasteiger partial charge in [-0.3, -0.25) is 9.69 Å². The molecule has 5 nitrogen and oxygen atoms in total. The standard InChI is InChI=1S/C20H40N4O/c1-6-22-11-13-23(14-12-22)16-20(21-19(25)15-17(2)3)7-9-24(10-8-20)18(4)5/h17-18H,6-16H2,1-5H3,(H,21,25). The molecule has 0 aromatic rings. The third-order valence-electron chi connectivity index (χ3n) is 5.92. The topological polar surface area (TPSA) is 38.8 Å². The predicted octanol–water partition coefficient (Wildman–Crippen LogP) is 2.03. The molecule has 0 spiro atoms. The molecule has 25 heavy (non-hydrogen) atoms. The summed E-state index contributed by atoms with van der Waals surface area (Å²) in [5.41, 5.74) is -0.0360. The summed E-state index contributed by atoms with van der Waals surface area (Å²) in [6.45, 7) is 19.9. The van der Waals surface area contributed by atoms with Gasteiger partial charge in [0.1, 0.15) is 0 Å². The number of hydrogen-bond donors (Lipinski definition) is 1. The van der Waals surface area contributed by atoms with Gasteiger partial charge in [0.2, 0.25) is 5.91 Å². The van der Waals surface area contributed by atoms with Gasteiger partial charge in [0, 0.05) is 58.3 Å². The second-order valence-electron chi connectivity index (χ2n) is 8.77. The number of carbonyl (C=O) groups is 1. The number of likely N-dealkylation sites (tertiary alicyclic amines) is 1. The van der Waals surface area contributed by atoms with Crippen LogP contribution in [-0.4, -0.2) is 84.5 Å². The van der Waals surface area contributed by atoms with Crippen molar-refractivity contribution < 1.29 is 4.79 Å². The van der Waals surface area contributed by atoms with Crippen molar-refractivity contribution in [1.29, 1.82) is 0 Å². The molecule has 5 heteroatoms. The Morgan fingerprint density at radius 1 is 0.960 bits per heavy atom. The van der Waals surface area contributed by atoms with E-state index in [1.54, 1.807) is 0 Å². The van der Waals surface area contributed by atoms with Crippen molar-refractivity contribution in [3.05, 3.63) is 0 Å². The van der Waals surface area contributed by atoms with Gasteiger partial charge >= 0.3 is 0 Å². The number of hydrogen-bond acceptors (Lipinski definition) is 4. The molecule has 2 saturated heterocycles. The zero-order valence-corrected chi connectivity index (χ0v) is 17.2. The number of piperazine rings is 1. The van der Waals surface area contributed by atoms with Crippen molar-refractivity contribution in [3.63, 3.8) is 0 Å². The summed E-state index contributed by atoms with van der Waals surface area (Å²) in [6.07, 6.45) is 2.78. The molecule has 1 amide bonds. The van der Waals surface area contributed by atoms with Gasteiger partial charge in [-0.2, -0.15) is 0 Å². The van der Waals surface area contributed by atoms with E-state index in [0.29, 0.717) is 18.4 Å². The first kappa shape index (κ1) is 20.7. The molecule has 0 unspecified atom stereocenters. The molecule has 0 atom stereocenters. The Hall–Kier alpha value is -0.650. The number of nitrogens with one attached hydrogen (secondary N) is 1. The number of rotatable bonds is 7. The zero-order chi connectivity index (χ0) is 18.4. The van der Waals surface area contributed by atoms with Crippen LogP contribution in [0, 0.1) is 5.92 Å². The lowest BCUT2D eigenvalue weighted by molar-refractivity contribution is -0.125. The van der Waals surface area contributed by atoms with Gasteiger partial charge in [-0.1, -0.05) is 20.8 Å². The number of likely N-dealkylation sites (N-methyl/N-ethyl adjacent to an activating group) is 1. The van der Waals surface area contributed by atoms with Crippen LogP contribution in [0.2, 0.25) is 0 Å². The molecular formula is C20H40N4O. The summed E-state index contributed by atoms with van der Waals surface area (Å²) in [4.78, 5) is 20.2. The fourth-order valence-corrected chi connectivity index (χ4v) is 4.20. The molecule has 146 valence electrons. The quantitative estimate of drug-likeness (QED) is 0.761. The molecule has 2 rings (SSSR count). The fraction of sp³-hybridized carbons (Fsp3) is 0.950. The summed E-state index contributed by atoms with van der Waals surface area (Å²) in [6, 6.07) is 0.595. The summed E-state index contributed by atoms with van der Waals surface area (Å²) in [5.74, 6) is 0.654. The molecule has 0 bridgehead atoms. The van der Waals surface area contributed by atoms with Crippen molar-refractivity contribution in [2.45, 2.75) is 65.5 Å². The Labute approximate surface area is 155 Å². The van der Waals surface area contributed by atoms with Crippen LogP contribution in [0.15, 0.2) is 0 Å². The van der Waals surface area contributed by atoms with E-state index in [4.69, 9.17) is 0 Å². The van der Waals surface area contributed by atoms with Crippen LogP contribution in [0.25, 0.3) is 0 Å². The summed E-state index contributed by atoms with van der Waals surface area (Å²) in [5, 5.41) is 3.47. The monoisotopic (exact) mass is 352 g/mol. The molecule has 2 aliphatic heterocycles. The van der Waals surface area contributed by atoms with Gasteiger partial charge in [0.15, 0.2) is 0 Å². The van der Waals surface area contributed by atoms with E-state index < -0.39 is 0 Å². The molecule has 0 saturated carbocycles. The largest absolute Gasteiger partial charge is 0.349 e. The van der Waals surface area contributed by atoms with Crippen LogP contribution in [-0.2, 0) is 4.79 Å². The molecule has 0 radical (unpaired) electrons. The maximum Gasteiger partial charge on any atom is 0.220 e. The van der Waals surface area contributed by atoms with Gasteiger partial charge in [-0.25, -0.2) is 0 Å². The molecule has 2 fully saturated rings. The second kappa shape index (κ2) is 9.33. The number of piperidine rings is 1. The molecule has 0 aromatic carbocycles. The van der Waals surface area contributed by atoms with Crippen LogP contribution in [0.1, 0.15) is 53.9 Å². The highest BCUT2D eigenvalue weighted by Crippen LogP contribution is 2.26. The summed E-state index contributed by atoms with van der Waals surface area (Å²) in [7, 11) is 0. The van der Waals surface area contributed by atoms with E-state index in [0.717, 1.165) is 65.2 Å². The van der Waals surface area contributed by atoms with E-state index in [1.807, 2.05) is 0 Å². The first-order valence-electron chi connectivity index (χ1n) is 10.3. The molecule has 2 aliphatic rings. The van der Waals surface area contributed by atoms with Crippen LogP contribution >= 0.6 is 0 Å². The van der Waals surface area contributed by atoms with Gasteiger partial charge in [0.25, 0.3) is 0 Å². The van der Waals surface area contributed by atoms with Crippen molar-refractivity contribution in [2.24, 2.45) is 5.92 Å². The fourth-order valence-electron chi connectivity index (χ4n) is 4.20. The lowest BCUT2D eigenvalue weighted by Gasteiger charge is -2.47. The zero-order valence-electron chi connectivity index (χ0n) is 17.2. The minimum Gasteiger partial charge on any atom is -0.349 e. The normalized spacial score (nSPS) is 23.3. The minimum absolute atomic E-state index is 0.0360. The van der Waals surface area contributed by atoms with E-state index in [2.05, 4.69) is 54.6 Å². The van der Waals surface area contributed by atoms with E-state index in [1.165, 1.54) is 0 Å². The first-order chi connectivity index (χ1) is 11.8. The van der Waals surface area contributed by atoms with Crippen molar-refractivity contribution in [1.82, 2.24) is 20.0 Å². The maximum absolute atomic E-state index is 12.5. The average Bonchev–Trinajstić information content (AvgIpc) is 2.55. The highest BCUT2D eigenvalue weighted by atomic mass is 16.1. The molecular weight excluding hydrogens is 312 g/mol. The predicted molar refractivity (Wildman–Crippen MR) is 105 cm³/mol. The Kier molecular flexibility index (Phi) is 7.71. The number of carbonyl (C=O) groups excluding carboxylic acids is 1. The number of amides is 1. The van der Waals surface area contributed by atoms with Gasteiger partial charge in [-0.15, -0.1) is 0 Å². The Morgan fingerprint density at radius 3 is 2.00 bits per heavy atom. The van der Waals surface area contributed by atoms with Crippen LogP contribution < -0.4 is 5.32 Å². The lowest BCUT2D eigenvalue weighted by atomic mass is 9.85. The van der Waals surface area contributed by atoms with Crippen LogP contribution in [0.3, 0.4) is 0 Å².